The summed E-state index contributed by atoms with van der Waals surface area (Å²) in [5, 5.41) is 0. The van der Waals surface area contributed by atoms with E-state index < -0.39 is 21.9 Å². The van der Waals surface area contributed by atoms with Gasteiger partial charge in [-0.2, -0.15) is 13.2 Å². The number of rotatable bonds is 5. The molecule has 1 saturated carbocycles. The second kappa shape index (κ2) is 9.66. The van der Waals surface area contributed by atoms with Crippen LogP contribution in [0, 0.1) is 11.8 Å². The van der Waals surface area contributed by atoms with Gasteiger partial charge in [0.2, 0.25) is 0 Å². The first-order valence-electron chi connectivity index (χ1n) is 11.5. The first-order valence-corrected chi connectivity index (χ1v) is 13.4. The maximum Gasteiger partial charge on any atom is 0.391 e. The lowest BCUT2D eigenvalue weighted by atomic mass is 9.81. The fraction of sp³-hybridized carbons (Fsp3) is 0.520. The predicted molar refractivity (Wildman–Crippen MR) is 124 cm³/mol. The molecule has 8 heteroatoms. The van der Waals surface area contributed by atoms with Gasteiger partial charge < -0.3 is 4.90 Å². The molecule has 2 aliphatic rings. The molecule has 0 bridgehead atoms. The molecule has 1 heterocycles. The number of anilines is 1. The lowest BCUT2D eigenvalue weighted by molar-refractivity contribution is -0.184. The molecule has 0 amide bonds. The van der Waals surface area contributed by atoms with Gasteiger partial charge in [-0.1, -0.05) is 36.4 Å². The molecular weight excluding hydrogens is 449 g/mol. The lowest BCUT2D eigenvalue weighted by Gasteiger charge is -2.45. The zero-order chi connectivity index (χ0) is 23.6. The van der Waals surface area contributed by atoms with Gasteiger partial charge in [-0.25, -0.2) is 8.42 Å². The van der Waals surface area contributed by atoms with Gasteiger partial charge in [0.05, 0.1) is 16.9 Å². The monoisotopic (exact) mass is 480 g/mol. The summed E-state index contributed by atoms with van der Waals surface area (Å²) in [7, 11) is -3.29. The average molecular weight is 481 g/mol. The predicted octanol–water partition coefficient (Wildman–Crippen LogP) is 5.32. The van der Waals surface area contributed by atoms with Crippen molar-refractivity contribution in [2.75, 3.05) is 37.3 Å². The first kappa shape index (κ1) is 24.1. The van der Waals surface area contributed by atoms with Crippen LogP contribution in [0.1, 0.15) is 37.3 Å². The van der Waals surface area contributed by atoms with Crippen molar-refractivity contribution < 1.29 is 21.6 Å². The Bertz CT molecular complexity index is 1040. The van der Waals surface area contributed by atoms with Crippen LogP contribution in [-0.2, 0) is 9.84 Å². The summed E-state index contributed by atoms with van der Waals surface area (Å²) >= 11 is 0. The highest BCUT2D eigenvalue weighted by molar-refractivity contribution is 7.90. The number of alkyl halides is 3. The molecule has 2 aromatic rings. The van der Waals surface area contributed by atoms with E-state index in [4.69, 9.17) is 0 Å². The van der Waals surface area contributed by atoms with Gasteiger partial charge in [-0.05, 0) is 55.4 Å². The molecule has 4 nitrogen and oxygen atoms in total. The minimum atomic E-state index is -4.08. The number of nitrogens with zero attached hydrogens (tertiary/aromatic N) is 2. The van der Waals surface area contributed by atoms with Crippen molar-refractivity contribution in [1.82, 2.24) is 4.90 Å². The second-order valence-corrected chi connectivity index (χ2v) is 11.4. The van der Waals surface area contributed by atoms with Crippen LogP contribution >= 0.6 is 0 Å². The molecule has 4 rings (SSSR count). The summed E-state index contributed by atoms with van der Waals surface area (Å²) in [6.45, 7) is 3.02. The van der Waals surface area contributed by atoms with Crippen molar-refractivity contribution in [2.24, 2.45) is 11.8 Å². The molecule has 0 spiro atoms. The molecule has 180 valence electrons. The maximum atomic E-state index is 13.1. The molecule has 2 aromatic carbocycles. The average Bonchev–Trinajstić information content (AvgIpc) is 2.79. The van der Waals surface area contributed by atoms with Crippen LogP contribution < -0.4 is 4.90 Å². The summed E-state index contributed by atoms with van der Waals surface area (Å²) in [4.78, 5) is 4.92. The number of hydrogen-bond acceptors (Lipinski definition) is 4. The van der Waals surface area contributed by atoms with Crippen LogP contribution in [0.25, 0.3) is 0 Å². The van der Waals surface area contributed by atoms with Gasteiger partial charge in [0.15, 0.2) is 9.84 Å². The van der Waals surface area contributed by atoms with Gasteiger partial charge in [0.1, 0.15) is 0 Å². The van der Waals surface area contributed by atoms with E-state index >= 15 is 0 Å². The summed E-state index contributed by atoms with van der Waals surface area (Å²) in [5.74, 6) is -0.882. The van der Waals surface area contributed by atoms with Gasteiger partial charge >= 0.3 is 6.18 Å². The van der Waals surface area contributed by atoms with Crippen molar-refractivity contribution in [3.05, 3.63) is 60.2 Å². The molecule has 1 atom stereocenters. The van der Waals surface area contributed by atoms with Crippen LogP contribution in [0.3, 0.4) is 0 Å². The van der Waals surface area contributed by atoms with Gasteiger partial charge in [-0.3, -0.25) is 4.90 Å². The fourth-order valence-corrected chi connectivity index (χ4v) is 5.84. The number of halogens is 3. The van der Waals surface area contributed by atoms with Crippen LogP contribution in [0.2, 0.25) is 0 Å². The summed E-state index contributed by atoms with van der Waals surface area (Å²) in [6.07, 6.45) is -1.19. The quantitative estimate of drug-likeness (QED) is 0.581. The maximum absolute atomic E-state index is 13.1. The van der Waals surface area contributed by atoms with E-state index in [1.54, 1.807) is 18.2 Å². The Labute approximate surface area is 194 Å². The van der Waals surface area contributed by atoms with E-state index in [9.17, 15) is 21.6 Å². The lowest BCUT2D eigenvalue weighted by Crippen LogP contribution is -2.50. The summed E-state index contributed by atoms with van der Waals surface area (Å²) in [6, 6.07) is 17.3. The molecule has 0 radical (unpaired) electrons. The zero-order valence-electron chi connectivity index (χ0n) is 18.8. The molecule has 1 unspecified atom stereocenters. The smallest absolute Gasteiger partial charge is 0.368 e. The van der Waals surface area contributed by atoms with E-state index in [2.05, 4.69) is 21.9 Å². The van der Waals surface area contributed by atoms with E-state index in [1.807, 2.05) is 24.3 Å². The van der Waals surface area contributed by atoms with Gasteiger partial charge in [-0.15, -0.1) is 0 Å². The van der Waals surface area contributed by atoms with Crippen LogP contribution in [-0.4, -0.2) is 51.9 Å². The molecular formula is C25H31F3N2O2S. The van der Waals surface area contributed by atoms with Crippen LogP contribution in [0.4, 0.5) is 18.9 Å². The Morgan fingerprint density at radius 3 is 2.27 bits per heavy atom. The Kier molecular flexibility index (Phi) is 7.05. The zero-order valence-corrected chi connectivity index (χ0v) is 19.7. The molecule has 1 aliphatic heterocycles. The first-order chi connectivity index (χ1) is 15.6. The third kappa shape index (κ3) is 5.90. The largest absolute Gasteiger partial charge is 0.391 e. The third-order valence-corrected chi connectivity index (χ3v) is 8.20. The van der Waals surface area contributed by atoms with Crippen molar-refractivity contribution in [3.8, 4) is 0 Å². The van der Waals surface area contributed by atoms with Crippen molar-refractivity contribution in [1.29, 1.82) is 0 Å². The minimum Gasteiger partial charge on any atom is -0.368 e. The molecule has 33 heavy (non-hydrogen) atoms. The van der Waals surface area contributed by atoms with E-state index in [-0.39, 0.29) is 24.8 Å². The minimum absolute atomic E-state index is 0.0992. The Morgan fingerprint density at radius 1 is 0.939 bits per heavy atom. The van der Waals surface area contributed by atoms with Gasteiger partial charge in [0, 0.05) is 38.1 Å². The number of sulfone groups is 1. The molecule has 1 aliphatic carbocycles. The SMILES string of the molecule is CS(=O)(=O)c1cccc(N2CCN(CC3CCC(C(F)(F)F)CC3)C(c3ccccc3)C2)c1. The third-order valence-electron chi connectivity index (χ3n) is 7.09. The highest BCUT2D eigenvalue weighted by Crippen LogP contribution is 2.40. The molecule has 1 saturated heterocycles. The highest BCUT2D eigenvalue weighted by atomic mass is 32.2. The summed E-state index contributed by atoms with van der Waals surface area (Å²) < 4.78 is 63.2. The molecule has 0 aromatic heterocycles. The van der Waals surface area contributed by atoms with E-state index in [1.165, 1.54) is 11.8 Å². The highest BCUT2D eigenvalue weighted by Gasteiger charge is 2.42. The second-order valence-electron chi connectivity index (χ2n) is 9.40. The summed E-state index contributed by atoms with van der Waals surface area (Å²) in [5.41, 5.74) is 2.05. The molecule has 2 fully saturated rings. The number of benzene rings is 2. The van der Waals surface area contributed by atoms with Crippen molar-refractivity contribution >= 4 is 15.5 Å². The van der Waals surface area contributed by atoms with Gasteiger partial charge in [0.25, 0.3) is 0 Å². The van der Waals surface area contributed by atoms with Crippen LogP contribution in [0.15, 0.2) is 59.5 Å². The Morgan fingerprint density at radius 2 is 1.64 bits per heavy atom. The Hall–Kier alpha value is -2.06. The molecule has 0 N–H and O–H groups in total. The fourth-order valence-electron chi connectivity index (χ4n) is 5.18. The van der Waals surface area contributed by atoms with Crippen molar-refractivity contribution in [3.63, 3.8) is 0 Å². The standard InChI is InChI=1S/C25H31F3N2O2S/c1-33(31,32)23-9-5-8-22(16-23)29-14-15-30(24(18-29)20-6-3-2-4-7-20)17-19-10-12-21(13-11-19)25(26,27)28/h2-9,16,19,21,24H,10-15,17-18H2,1H3. The Balaban J connectivity index is 1.50. The van der Waals surface area contributed by atoms with Crippen molar-refractivity contribution in [2.45, 2.75) is 42.8 Å². The normalized spacial score (nSPS) is 25.2. The van der Waals surface area contributed by atoms with Crippen LogP contribution in [0.5, 0.6) is 0 Å². The number of piperazine rings is 1. The topological polar surface area (TPSA) is 40.6 Å². The van der Waals surface area contributed by atoms with E-state index in [0.717, 1.165) is 25.3 Å². The van der Waals surface area contributed by atoms with E-state index in [0.29, 0.717) is 24.3 Å². The number of hydrogen-bond donors (Lipinski definition) is 0.